The lowest BCUT2D eigenvalue weighted by Crippen LogP contribution is -2.30. The maximum Gasteiger partial charge on any atom is 0.140 e. The minimum Gasteiger partial charge on any atom is -0.308 e. The largest absolute Gasteiger partial charge is 0.308 e. The molecule has 5 heteroatoms. The molecule has 0 atom stereocenters. The van der Waals surface area contributed by atoms with Gasteiger partial charge in [0, 0.05) is 25.1 Å². The van der Waals surface area contributed by atoms with E-state index in [1.54, 1.807) is 0 Å². The van der Waals surface area contributed by atoms with Crippen molar-refractivity contribution in [1.82, 2.24) is 9.38 Å². The number of pyridine rings is 2. The van der Waals surface area contributed by atoms with E-state index in [9.17, 15) is 0 Å². The summed E-state index contributed by atoms with van der Waals surface area (Å²) in [6.45, 7) is 2.21. The van der Waals surface area contributed by atoms with Crippen molar-refractivity contribution in [3.8, 4) is 0 Å². The molecular weight excluding hydrogens is 489 g/mol. The SMILES string of the molecule is [B]c1nc2c3cc4ccccc4c(C)c3n3c4ccccc4c4c(I)cc(c1[B])c2c43. The minimum atomic E-state index is 0.388. The fourth-order valence-corrected chi connectivity index (χ4v) is 6.21. The topological polar surface area (TPSA) is 17.3 Å². The fourth-order valence-electron chi connectivity index (χ4n) is 5.36. The molecule has 3 heterocycles. The van der Waals surface area contributed by atoms with Crippen LogP contribution in [0.2, 0.25) is 0 Å². The number of hydrogen-bond donors (Lipinski definition) is 0. The summed E-state index contributed by atoms with van der Waals surface area (Å²) >= 11 is 2.42. The average molecular weight is 502 g/mol. The molecule has 0 amide bonds. The van der Waals surface area contributed by atoms with E-state index in [0.29, 0.717) is 11.1 Å². The van der Waals surface area contributed by atoms with E-state index < -0.39 is 0 Å². The van der Waals surface area contributed by atoms with Gasteiger partial charge in [0.15, 0.2) is 0 Å². The van der Waals surface area contributed by atoms with Crippen LogP contribution in [-0.4, -0.2) is 25.1 Å². The summed E-state index contributed by atoms with van der Waals surface area (Å²) in [6, 6.07) is 21.6. The van der Waals surface area contributed by atoms with Gasteiger partial charge in [0.1, 0.15) is 15.7 Å². The van der Waals surface area contributed by atoms with Gasteiger partial charge in [-0.1, -0.05) is 47.9 Å². The van der Waals surface area contributed by atoms with Crippen molar-refractivity contribution in [3.05, 3.63) is 69.8 Å². The van der Waals surface area contributed by atoms with Crippen molar-refractivity contribution in [2.24, 2.45) is 0 Å². The van der Waals surface area contributed by atoms with Crippen molar-refractivity contribution in [1.29, 1.82) is 0 Å². The molecule has 4 aromatic carbocycles. The summed E-state index contributed by atoms with van der Waals surface area (Å²) in [5.41, 5.74) is 6.65. The fraction of sp³-hybridized carbons (Fsp3) is 0.0385. The van der Waals surface area contributed by atoms with Crippen molar-refractivity contribution >= 4 is 109 Å². The Balaban J connectivity index is 1.99. The smallest absolute Gasteiger partial charge is 0.140 e. The quantitative estimate of drug-likeness (QED) is 0.123. The van der Waals surface area contributed by atoms with Gasteiger partial charge < -0.3 is 4.40 Å². The second-order valence-corrected chi connectivity index (χ2v) is 9.40. The molecule has 0 aliphatic carbocycles. The monoisotopic (exact) mass is 502 g/mol. The normalized spacial score (nSPS) is 12.5. The molecule has 2 nitrogen and oxygen atoms in total. The van der Waals surface area contributed by atoms with Gasteiger partial charge >= 0.3 is 0 Å². The van der Waals surface area contributed by atoms with E-state index in [2.05, 4.69) is 94.6 Å². The first kappa shape index (κ1) is 17.8. The lowest BCUT2D eigenvalue weighted by molar-refractivity contribution is 1.32. The lowest BCUT2D eigenvalue weighted by atomic mass is 9.80. The molecular formula is C26H13B2IN2. The highest BCUT2D eigenvalue weighted by Crippen LogP contribution is 2.43. The molecule has 0 aliphatic rings. The highest BCUT2D eigenvalue weighted by Gasteiger charge is 2.23. The standard InChI is InChI=1S/C26H13B2IN2/c1-12-14-7-3-2-6-13(14)10-17-23-21-16(22(27)26(28)30-23)11-18(29)20-15-8-4-5-9-19(15)31(24(12)17)25(20)21/h2-11H,1H3. The van der Waals surface area contributed by atoms with Crippen LogP contribution in [-0.2, 0) is 0 Å². The number of aryl methyl sites for hydroxylation is 1. The summed E-state index contributed by atoms with van der Waals surface area (Å²) in [5, 5.41) is 8.09. The lowest BCUT2D eigenvalue weighted by Gasteiger charge is -2.18. The van der Waals surface area contributed by atoms with E-state index in [1.165, 1.54) is 47.2 Å². The summed E-state index contributed by atoms with van der Waals surface area (Å²) < 4.78 is 3.58. The molecule has 0 unspecified atom stereocenters. The van der Waals surface area contributed by atoms with E-state index in [1.807, 2.05) is 0 Å². The molecule has 0 fully saturated rings. The van der Waals surface area contributed by atoms with E-state index in [-0.39, 0.29) is 0 Å². The Morgan fingerprint density at radius 2 is 1.55 bits per heavy atom. The van der Waals surface area contributed by atoms with Crippen molar-refractivity contribution < 1.29 is 0 Å². The molecule has 7 rings (SSSR count). The van der Waals surface area contributed by atoms with Gasteiger partial charge in [-0.25, -0.2) is 0 Å². The average Bonchev–Trinajstić information content (AvgIpc) is 3.12. The van der Waals surface area contributed by atoms with Gasteiger partial charge in [-0.3, -0.25) is 4.98 Å². The van der Waals surface area contributed by atoms with Crippen LogP contribution in [0.4, 0.5) is 0 Å². The molecule has 0 aliphatic heterocycles. The molecule has 3 aromatic heterocycles. The molecule has 0 bridgehead atoms. The summed E-state index contributed by atoms with van der Waals surface area (Å²) in [5.74, 6) is 0. The molecule has 31 heavy (non-hydrogen) atoms. The summed E-state index contributed by atoms with van der Waals surface area (Å²) in [4.78, 5) is 4.84. The minimum absolute atomic E-state index is 0.388. The van der Waals surface area contributed by atoms with Crippen LogP contribution in [0.25, 0.3) is 59.8 Å². The number of fused-ring (bicyclic) bond motifs is 7. The molecule has 0 saturated carbocycles. The van der Waals surface area contributed by atoms with Gasteiger partial charge in [-0.2, -0.15) is 0 Å². The molecule has 4 radical (unpaired) electrons. The Bertz CT molecular complexity index is 1880. The Hall–Kier alpha value is -2.79. The number of benzene rings is 4. The predicted octanol–water partition coefficient (Wildman–Crippen LogP) is 5.04. The number of aromatic nitrogens is 2. The Labute approximate surface area is 194 Å². The number of nitrogens with zero attached hydrogens (tertiary/aromatic N) is 2. The molecule has 7 aromatic rings. The third-order valence-corrected chi connectivity index (χ3v) is 7.53. The van der Waals surface area contributed by atoms with Gasteiger partial charge in [-0.15, -0.1) is 0 Å². The van der Waals surface area contributed by atoms with Crippen LogP contribution >= 0.6 is 22.6 Å². The zero-order valence-electron chi connectivity index (χ0n) is 16.7. The van der Waals surface area contributed by atoms with Gasteiger partial charge in [-0.05, 0) is 75.0 Å². The van der Waals surface area contributed by atoms with E-state index in [4.69, 9.17) is 20.7 Å². The van der Waals surface area contributed by atoms with Crippen molar-refractivity contribution in [2.75, 3.05) is 0 Å². The second kappa shape index (κ2) is 5.92. The van der Waals surface area contributed by atoms with E-state index >= 15 is 0 Å². The van der Waals surface area contributed by atoms with Crippen molar-refractivity contribution in [3.63, 3.8) is 0 Å². The van der Waals surface area contributed by atoms with Gasteiger partial charge in [0.05, 0.1) is 22.1 Å². The number of halogens is 1. The van der Waals surface area contributed by atoms with E-state index in [0.717, 1.165) is 21.7 Å². The summed E-state index contributed by atoms with van der Waals surface area (Å²) in [7, 11) is 12.8. The third-order valence-electron chi connectivity index (χ3n) is 6.68. The third kappa shape index (κ3) is 2.08. The molecule has 0 N–H and O–H groups in total. The number of para-hydroxylation sites is 1. The molecule has 0 spiro atoms. The highest BCUT2D eigenvalue weighted by molar-refractivity contribution is 14.1. The predicted molar refractivity (Wildman–Crippen MR) is 142 cm³/mol. The first-order valence-corrected chi connectivity index (χ1v) is 11.3. The number of rotatable bonds is 0. The Morgan fingerprint density at radius 1 is 0.806 bits per heavy atom. The first-order chi connectivity index (χ1) is 15.1. The Kier molecular flexibility index (Phi) is 3.41. The van der Waals surface area contributed by atoms with Crippen LogP contribution in [0.3, 0.4) is 0 Å². The first-order valence-electron chi connectivity index (χ1n) is 10.2. The van der Waals surface area contributed by atoms with Gasteiger partial charge in [0.25, 0.3) is 0 Å². The number of hydrogen-bond acceptors (Lipinski definition) is 1. The Morgan fingerprint density at radius 3 is 2.39 bits per heavy atom. The maximum atomic E-state index is 6.46. The van der Waals surface area contributed by atoms with Crippen molar-refractivity contribution in [2.45, 2.75) is 6.92 Å². The molecule has 0 saturated heterocycles. The van der Waals surface area contributed by atoms with Crippen LogP contribution in [0.1, 0.15) is 5.56 Å². The zero-order chi connectivity index (χ0) is 21.0. The van der Waals surface area contributed by atoms with Gasteiger partial charge in [0.2, 0.25) is 0 Å². The van der Waals surface area contributed by atoms with Crippen LogP contribution < -0.4 is 11.1 Å². The molecule has 140 valence electrons. The summed E-state index contributed by atoms with van der Waals surface area (Å²) in [6.07, 6.45) is 0. The maximum absolute atomic E-state index is 6.46. The highest BCUT2D eigenvalue weighted by atomic mass is 127. The second-order valence-electron chi connectivity index (χ2n) is 8.24. The zero-order valence-corrected chi connectivity index (χ0v) is 18.9. The van der Waals surface area contributed by atoms with Crippen LogP contribution in [0.5, 0.6) is 0 Å². The van der Waals surface area contributed by atoms with Crippen LogP contribution in [0, 0.1) is 10.5 Å². The van der Waals surface area contributed by atoms with Crippen LogP contribution in [0.15, 0.2) is 60.7 Å².